The van der Waals surface area contributed by atoms with Crippen LogP contribution in [0.5, 0.6) is 5.75 Å². The number of aromatic amines is 1. The van der Waals surface area contributed by atoms with Gasteiger partial charge in [-0.2, -0.15) is 0 Å². The first-order valence-electron chi connectivity index (χ1n) is 10.1. The molecule has 0 atom stereocenters. The molecule has 0 saturated carbocycles. The predicted molar refractivity (Wildman–Crippen MR) is 111 cm³/mol. The summed E-state index contributed by atoms with van der Waals surface area (Å²) >= 11 is 0. The molecule has 8 heteroatoms. The predicted octanol–water partition coefficient (Wildman–Crippen LogP) is 2.97. The monoisotopic (exact) mass is 411 g/mol. The molecule has 30 heavy (non-hydrogen) atoms. The van der Waals surface area contributed by atoms with Gasteiger partial charge in [-0.3, -0.25) is 4.79 Å². The maximum Gasteiger partial charge on any atom is 0.320 e. The number of morpholine rings is 1. The van der Waals surface area contributed by atoms with Gasteiger partial charge in [-0.25, -0.2) is 4.79 Å². The van der Waals surface area contributed by atoms with E-state index in [0.29, 0.717) is 44.2 Å². The SMILES string of the molecule is CCOc1ccc2[nH]c(=O)c(CN(Cc3ccco3)C(=O)N3CCOCC3)cc2c1. The van der Waals surface area contributed by atoms with Gasteiger partial charge in [-0.1, -0.05) is 0 Å². The minimum Gasteiger partial charge on any atom is -0.494 e. The summed E-state index contributed by atoms with van der Waals surface area (Å²) in [6.07, 6.45) is 1.57. The molecule has 8 nitrogen and oxygen atoms in total. The molecular formula is C22H25N3O5. The van der Waals surface area contributed by atoms with Crippen LogP contribution in [0.2, 0.25) is 0 Å². The highest BCUT2D eigenvalue weighted by atomic mass is 16.5. The first-order chi connectivity index (χ1) is 14.6. The molecule has 0 radical (unpaired) electrons. The Labute approximate surface area is 174 Å². The van der Waals surface area contributed by atoms with Crippen LogP contribution in [0.4, 0.5) is 4.79 Å². The number of aromatic nitrogens is 1. The van der Waals surface area contributed by atoms with E-state index in [9.17, 15) is 9.59 Å². The lowest BCUT2D eigenvalue weighted by Gasteiger charge is -2.32. The third-order valence-electron chi connectivity index (χ3n) is 5.04. The molecule has 0 aliphatic carbocycles. The van der Waals surface area contributed by atoms with Gasteiger partial charge in [0.2, 0.25) is 0 Å². The zero-order valence-corrected chi connectivity index (χ0v) is 16.9. The van der Waals surface area contributed by atoms with Crippen molar-refractivity contribution in [2.75, 3.05) is 32.9 Å². The molecule has 0 bridgehead atoms. The lowest BCUT2D eigenvalue weighted by Crippen LogP contribution is -2.48. The van der Waals surface area contributed by atoms with Crippen molar-refractivity contribution in [2.24, 2.45) is 0 Å². The van der Waals surface area contributed by atoms with Crippen LogP contribution >= 0.6 is 0 Å². The van der Waals surface area contributed by atoms with Gasteiger partial charge < -0.3 is 28.7 Å². The van der Waals surface area contributed by atoms with Crippen molar-refractivity contribution in [3.63, 3.8) is 0 Å². The Balaban J connectivity index is 1.63. The second-order valence-electron chi connectivity index (χ2n) is 7.12. The van der Waals surface area contributed by atoms with E-state index in [-0.39, 0.29) is 24.7 Å². The number of H-pyrrole nitrogens is 1. The number of furan rings is 1. The van der Waals surface area contributed by atoms with Gasteiger partial charge in [0, 0.05) is 29.6 Å². The Morgan fingerprint density at radius 2 is 2.03 bits per heavy atom. The van der Waals surface area contributed by atoms with E-state index < -0.39 is 0 Å². The second kappa shape index (κ2) is 9.04. The first-order valence-corrected chi connectivity index (χ1v) is 10.1. The van der Waals surface area contributed by atoms with Gasteiger partial charge in [-0.15, -0.1) is 0 Å². The van der Waals surface area contributed by atoms with E-state index in [0.717, 1.165) is 16.7 Å². The summed E-state index contributed by atoms with van der Waals surface area (Å²) in [5, 5.41) is 0.854. The van der Waals surface area contributed by atoms with E-state index in [1.807, 2.05) is 37.3 Å². The Morgan fingerprint density at radius 3 is 2.77 bits per heavy atom. The fourth-order valence-corrected chi connectivity index (χ4v) is 3.55. The average molecular weight is 411 g/mol. The largest absolute Gasteiger partial charge is 0.494 e. The van der Waals surface area contributed by atoms with E-state index in [4.69, 9.17) is 13.9 Å². The molecule has 3 heterocycles. The summed E-state index contributed by atoms with van der Waals surface area (Å²) in [5.74, 6) is 1.40. The molecule has 2 aromatic heterocycles. The highest BCUT2D eigenvalue weighted by Crippen LogP contribution is 2.20. The smallest absolute Gasteiger partial charge is 0.320 e. The van der Waals surface area contributed by atoms with Gasteiger partial charge in [0.1, 0.15) is 11.5 Å². The van der Waals surface area contributed by atoms with Gasteiger partial charge in [-0.05, 0) is 43.3 Å². The number of carbonyl (C=O) groups is 1. The van der Waals surface area contributed by atoms with Crippen molar-refractivity contribution in [1.82, 2.24) is 14.8 Å². The molecule has 0 unspecified atom stereocenters. The standard InChI is InChI=1S/C22H25N3O5/c1-2-29-18-5-6-20-16(13-18)12-17(21(26)23-20)14-25(15-19-4-3-9-30-19)22(27)24-7-10-28-11-8-24/h3-6,9,12-13H,2,7-8,10-11,14-15H2,1H3,(H,23,26). The lowest BCUT2D eigenvalue weighted by atomic mass is 10.1. The number of nitrogens with zero attached hydrogens (tertiary/aromatic N) is 2. The molecule has 0 spiro atoms. The van der Waals surface area contributed by atoms with Gasteiger partial charge in [0.25, 0.3) is 5.56 Å². The number of rotatable bonds is 6. The number of benzene rings is 1. The highest BCUT2D eigenvalue weighted by molar-refractivity contribution is 5.81. The van der Waals surface area contributed by atoms with Crippen LogP contribution in [0.3, 0.4) is 0 Å². The number of nitrogens with one attached hydrogen (secondary N) is 1. The molecule has 1 aliphatic heterocycles. The maximum atomic E-state index is 13.2. The average Bonchev–Trinajstić information content (AvgIpc) is 3.27. The molecule has 1 N–H and O–H groups in total. The molecule has 1 saturated heterocycles. The Morgan fingerprint density at radius 1 is 1.20 bits per heavy atom. The summed E-state index contributed by atoms with van der Waals surface area (Å²) in [4.78, 5) is 32.1. The summed E-state index contributed by atoms with van der Waals surface area (Å²) in [7, 11) is 0. The van der Waals surface area contributed by atoms with Crippen LogP contribution in [-0.2, 0) is 17.8 Å². The van der Waals surface area contributed by atoms with E-state index >= 15 is 0 Å². The zero-order chi connectivity index (χ0) is 20.9. The molecule has 1 aliphatic rings. The van der Waals surface area contributed by atoms with Gasteiger partial charge in [0.15, 0.2) is 0 Å². The number of urea groups is 1. The molecule has 158 valence electrons. The van der Waals surface area contributed by atoms with E-state index in [1.54, 1.807) is 22.1 Å². The van der Waals surface area contributed by atoms with Crippen LogP contribution in [0, 0.1) is 0 Å². The third-order valence-corrected chi connectivity index (χ3v) is 5.04. The lowest BCUT2D eigenvalue weighted by molar-refractivity contribution is 0.0412. The van der Waals surface area contributed by atoms with Crippen LogP contribution in [0.15, 0.2) is 51.9 Å². The summed E-state index contributed by atoms with van der Waals surface area (Å²) in [5.41, 5.74) is 1.01. The van der Waals surface area contributed by atoms with Crippen molar-refractivity contribution >= 4 is 16.9 Å². The van der Waals surface area contributed by atoms with Crippen molar-refractivity contribution in [2.45, 2.75) is 20.0 Å². The summed E-state index contributed by atoms with van der Waals surface area (Å²) < 4.78 is 16.4. The fourth-order valence-electron chi connectivity index (χ4n) is 3.55. The van der Waals surface area contributed by atoms with Crippen molar-refractivity contribution in [1.29, 1.82) is 0 Å². The van der Waals surface area contributed by atoms with Crippen LogP contribution in [0.25, 0.3) is 10.9 Å². The maximum absolute atomic E-state index is 13.2. The van der Waals surface area contributed by atoms with Gasteiger partial charge >= 0.3 is 6.03 Å². The third kappa shape index (κ3) is 4.49. The highest BCUT2D eigenvalue weighted by Gasteiger charge is 2.25. The molecular weight excluding hydrogens is 386 g/mol. The Bertz CT molecular complexity index is 1050. The quantitative estimate of drug-likeness (QED) is 0.674. The number of fused-ring (bicyclic) bond motifs is 1. The summed E-state index contributed by atoms with van der Waals surface area (Å²) in [6, 6.07) is 10.8. The fraction of sp³-hybridized carbons (Fsp3) is 0.364. The van der Waals surface area contributed by atoms with E-state index in [2.05, 4.69) is 4.98 Å². The van der Waals surface area contributed by atoms with E-state index in [1.165, 1.54) is 0 Å². The normalized spacial score (nSPS) is 14.1. The van der Waals surface area contributed by atoms with Crippen LogP contribution in [0.1, 0.15) is 18.2 Å². The molecule has 3 aromatic rings. The Hall–Kier alpha value is -3.26. The first kappa shape index (κ1) is 20.0. The number of ether oxygens (including phenoxy) is 2. The van der Waals surface area contributed by atoms with Crippen LogP contribution < -0.4 is 10.3 Å². The zero-order valence-electron chi connectivity index (χ0n) is 16.9. The number of pyridine rings is 1. The number of hydrogen-bond acceptors (Lipinski definition) is 5. The number of hydrogen-bond donors (Lipinski definition) is 1. The summed E-state index contributed by atoms with van der Waals surface area (Å²) in [6.45, 7) is 5.01. The molecule has 1 fully saturated rings. The molecule has 4 rings (SSSR count). The van der Waals surface area contributed by atoms with Gasteiger partial charge in [0.05, 0.1) is 39.2 Å². The van der Waals surface area contributed by atoms with Crippen molar-refractivity contribution in [3.05, 3.63) is 64.3 Å². The second-order valence-corrected chi connectivity index (χ2v) is 7.12. The Kier molecular flexibility index (Phi) is 6.04. The number of amides is 2. The minimum atomic E-state index is -0.217. The number of carbonyl (C=O) groups excluding carboxylic acids is 1. The molecule has 1 aromatic carbocycles. The molecule has 2 amide bonds. The van der Waals surface area contributed by atoms with Crippen molar-refractivity contribution in [3.8, 4) is 5.75 Å². The van der Waals surface area contributed by atoms with Crippen molar-refractivity contribution < 1.29 is 18.7 Å². The topological polar surface area (TPSA) is 88.0 Å². The minimum absolute atomic E-state index is 0.141. The van der Waals surface area contributed by atoms with Crippen LogP contribution in [-0.4, -0.2) is 53.7 Å².